The first kappa shape index (κ1) is 62.3. The summed E-state index contributed by atoms with van der Waals surface area (Å²) in [6.07, 6.45) is 77.8. The lowest BCUT2D eigenvalue weighted by Crippen LogP contribution is -2.30. The number of esters is 2. The minimum Gasteiger partial charge on any atom is -0.462 e. The molecule has 0 amide bonds. The largest absolute Gasteiger partial charge is 0.462 e. The maximum absolute atomic E-state index is 12.8. The third-order valence-electron chi connectivity index (χ3n) is 10.9. The van der Waals surface area contributed by atoms with Gasteiger partial charge in [-0.2, -0.15) is 0 Å². The minimum atomic E-state index is -0.580. The number of hydrogen-bond donors (Lipinski definition) is 0. The highest BCUT2D eigenvalue weighted by Gasteiger charge is 2.17. The van der Waals surface area contributed by atoms with Crippen molar-refractivity contribution in [3.05, 3.63) is 122 Å². The minimum absolute atomic E-state index is 0.0476. The molecule has 0 radical (unpaired) electrons. The van der Waals surface area contributed by atoms with Gasteiger partial charge in [-0.1, -0.05) is 206 Å². The standard InChI is InChI=1S/C61H100O5/c1-4-7-10-13-16-19-22-25-27-29-31-32-34-37-39-42-45-48-51-54-60(62)65-58-59(66-61(63)55-52-49-46-43-40-36-24-21-18-15-12-9-6-3)57-64-56-53-50-47-44-41-38-35-33-30-28-26-23-20-17-14-11-8-5-2/h8,11-12,15-17,19-21,24-28,31-33,35,41,44,59H,4-7,9-10,13-14,18,22-23,29-30,34,36-40,42-43,45-58H2,1-3H3/b11-8-,15-12-,19-16-,20-17-,24-21-,27-25-,28-26-,32-31-,35-33-,44-41-. The van der Waals surface area contributed by atoms with Crippen molar-refractivity contribution in [1.29, 1.82) is 0 Å². The molecule has 0 rings (SSSR count). The van der Waals surface area contributed by atoms with E-state index >= 15 is 0 Å². The summed E-state index contributed by atoms with van der Waals surface area (Å²) in [5.74, 6) is -0.459. The van der Waals surface area contributed by atoms with Gasteiger partial charge in [-0.25, -0.2) is 0 Å². The van der Waals surface area contributed by atoms with Gasteiger partial charge < -0.3 is 14.2 Å². The Balaban J connectivity index is 4.40. The first-order valence-corrected chi connectivity index (χ1v) is 27.1. The molecule has 0 aromatic carbocycles. The molecule has 0 aromatic heterocycles. The third-order valence-corrected chi connectivity index (χ3v) is 10.9. The summed E-state index contributed by atoms with van der Waals surface area (Å²) in [4.78, 5) is 25.4. The average Bonchev–Trinajstić information content (AvgIpc) is 3.32. The molecule has 0 heterocycles. The van der Waals surface area contributed by atoms with Crippen molar-refractivity contribution in [2.45, 2.75) is 232 Å². The van der Waals surface area contributed by atoms with Crippen LogP contribution in [0.25, 0.3) is 0 Å². The fourth-order valence-corrected chi connectivity index (χ4v) is 6.93. The van der Waals surface area contributed by atoms with Gasteiger partial charge in [-0.05, 0) is 128 Å². The highest BCUT2D eigenvalue weighted by atomic mass is 16.6. The van der Waals surface area contributed by atoms with E-state index in [1.165, 1.54) is 64.2 Å². The Kier molecular flexibility index (Phi) is 52.5. The zero-order valence-corrected chi connectivity index (χ0v) is 42.9. The van der Waals surface area contributed by atoms with Gasteiger partial charge in [0.1, 0.15) is 6.61 Å². The quantitative estimate of drug-likeness (QED) is 0.0346. The molecule has 0 spiro atoms. The van der Waals surface area contributed by atoms with Crippen molar-refractivity contribution in [3.8, 4) is 0 Å². The Hall–Kier alpha value is -3.70. The van der Waals surface area contributed by atoms with Crippen molar-refractivity contribution in [3.63, 3.8) is 0 Å². The first-order chi connectivity index (χ1) is 32.6. The van der Waals surface area contributed by atoms with Crippen LogP contribution >= 0.6 is 0 Å². The normalized spacial score (nSPS) is 13.2. The first-order valence-electron chi connectivity index (χ1n) is 27.1. The fourth-order valence-electron chi connectivity index (χ4n) is 6.93. The fraction of sp³-hybridized carbons (Fsp3) is 0.639. The molecule has 1 unspecified atom stereocenters. The maximum Gasteiger partial charge on any atom is 0.306 e. The van der Waals surface area contributed by atoms with Crippen molar-refractivity contribution in [2.24, 2.45) is 0 Å². The number of carbonyl (C=O) groups excluding carboxylic acids is 2. The van der Waals surface area contributed by atoms with E-state index in [1.54, 1.807) is 0 Å². The van der Waals surface area contributed by atoms with E-state index in [9.17, 15) is 9.59 Å². The monoisotopic (exact) mass is 913 g/mol. The predicted molar refractivity (Wildman–Crippen MR) is 288 cm³/mol. The van der Waals surface area contributed by atoms with E-state index in [0.29, 0.717) is 19.4 Å². The number of rotatable bonds is 48. The van der Waals surface area contributed by atoms with Crippen LogP contribution in [0.3, 0.4) is 0 Å². The highest BCUT2D eigenvalue weighted by Crippen LogP contribution is 2.13. The van der Waals surface area contributed by atoms with Gasteiger partial charge in [-0.15, -0.1) is 0 Å². The van der Waals surface area contributed by atoms with Crippen LogP contribution in [0.4, 0.5) is 0 Å². The Morgan fingerprint density at radius 1 is 0.348 bits per heavy atom. The van der Waals surface area contributed by atoms with Crippen LogP contribution in [0.2, 0.25) is 0 Å². The molecule has 374 valence electrons. The van der Waals surface area contributed by atoms with Crippen molar-refractivity contribution in [2.75, 3.05) is 19.8 Å². The van der Waals surface area contributed by atoms with E-state index < -0.39 is 6.10 Å². The summed E-state index contributed by atoms with van der Waals surface area (Å²) < 4.78 is 17.4. The van der Waals surface area contributed by atoms with Gasteiger partial charge in [0.2, 0.25) is 0 Å². The Morgan fingerprint density at radius 3 is 1.15 bits per heavy atom. The molecule has 0 bridgehead atoms. The van der Waals surface area contributed by atoms with Gasteiger partial charge >= 0.3 is 11.9 Å². The molecule has 66 heavy (non-hydrogen) atoms. The molecule has 1 atom stereocenters. The van der Waals surface area contributed by atoms with Gasteiger partial charge in [0.15, 0.2) is 6.10 Å². The summed E-state index contributed by atoms with van der Waals surface area (Å²) in [6.45, 7) is 7.48. The van der Waals surface area contributed by atoms with E-state index in [1.807, 2.05) is 0 Å². The Bertz CT molecular complexity index is 1350. The molecule has 0 aromatic rings. The summed E-state index contributed by atoms with van der Waals surface area (Å²) >= 11 is 0. The van der Waals surface area contributed by atoms with Crippen LogP contribution in [0.15, 0.2) is 122 Å². The number of unbranched alkanes of at least 4 members (excludes halogenated alkanes) is 17. The van der Waals surface area contributed by atoms with Crippen LogP contribution in [0.5, 0.6) is 0 Å². The molecule has 0 aliphatic rings. The van der Waals surface area contributed by atoms with Crippen LogP contribution in [-0.2, 0) is 23.8 Å². The van der Waals surface area contributed by atoms with Crippen LogP contribution in [-0.4, -0.2) is 37.9 Å². The van der Waals surface area contributed by atoms with E-state index in [-0.39, 0.29) is 25.2 Å². The number of carbonyl (C=O) groups is 2. The topological polar surface area (TPSA) is 61.8 Å². The lowest BCUT2D eigenvalue weighted by molar-refractivity contribution is -0.163. The highest BCUT2D eigenvalue weighted by molar-refractivity contribution is 5.70. The van der Waals surface area contributed by atoms with Crippen LogP contribution < -0.4 is 0 Å². The van der Waals surface area contributed by atoms with Crippen molar-refractivity contribution in [1.82, 2.24) is 0 Å². The van der Waals surface area contributed by atoms with E-state index in [0.717, 1.165) is 128 Å². The average molecular weight is 913 g/mol. The molecule has 0 fully saturated rings. The van der Waals surface area contributed by atoms with Gasteiger partial charge in [0, 0.05) is 19.4 Å². The van der Waals surface area contributed by atoms with Crippen molar-refractivity contribution >= 4 is 11.9 Å². The summed E-state index contributed by atoms with van der Waals surface area (Å²) in [5, 5.41) is 0. The van der Waals surface area contributed by atoms with E-state index in [2.05, 4.69) is 142 Å². The molecular formula is C61H100O5. The molecule has 0 aliphatic heterocycles. The second kappa shape index (κ2) is 55.6. The lowest BCUT2D eigenvalue weighted by Gasteiger charge is -2.18. The summed E-state index contributed by atoms with van der Waals surface area (Å²) in [5.41, 5.74) is 0. The summed E-state index contributed by atoms with van der Waals surface area (Å²) in [7, 11) is 0. The Labute approximate surface area is 407 Å². The SMILES string of the molecule is CC/C=C\C/C=C\C/C=C\C/C=C\C/C=C\CCCCOCC(COC(=O)CCCCCCCC/C=C\C/C=C\C/C=C\CCCCC)OC(=O)CCCCCCC/C=C\C/C=C\CCC. The smallest absolute Gasteiger partial charge is 0.306 e. The zero-order valence-electron chi connectivity index (χ0n) is 42.9. The second-order valence-corrected chi connectivity index (χ2v) is 17.4. The van der Waals surface area contributed by atoms with Crippen molar-refractivity contribution < 1.29 is 23.8 Å². The number of hydrogen-bond acceptors (Lipinski definition) is 5. The van der Waals surface area contributed by atoms with Crippen LogP contribution in [0, 0.1) is 0 Å². The summed E-state index contributed by atoms with van der Waals surface area (Å²) in [6, 6.07) is 0. The lowest BCUT2D eigenvalue weighted by atomic mass is 10.1. The molecule has 0 N–H and O–H groups in total. The van der Waals surface area contributed by atoms with Gasteiger partial charge in [-0.3, -0.25) is 9.59 Å². The van der Waals surface area contributed by atoms with Crippen LogP contribution in [0.1, 0.15) is 226 Å². The Morgan fingerprint density at radius 2 is 0.712 bits per heavy atom. The van der Waals surface area contributed by atoms with Gasteiger partial charge in [0.05, 0.1) is 6.61 Å². The maximum atomic E-state index is 12.8. The zero-order chi connectivity index (χ0) is 47.7. The second-order valence-electron chi connectivity index (χ2n) is 17.4. The number of allylic oxidation sites excluding steroid dienone is 20. The van der Waals surface area contributed by atoms with Gasteiger partial charge in [0.25, 0.3) is 0 Å². The third kappa shape index (κ3) is 52.9. The van der Waals surface area contributed by atoms with E-state index in [4.69, 9.17) is 14.2 Å². The molecule has 0 saturated carbocycles. The molecular weight excluding hydrogens is 813 g/mol. The molecule has 0 aliphatic carbocycles. The molecule has 5 heteroatoms. The number of ether oxygens (including phenoxy) is 3. The molecule has 5 nitrogen and oxygen atoms in total. The predicted octanol–water partition coefficient (Wildman–Crippen LogP) is 18.6. The molecule has 0 saturated heterocycles.